The summed E-state index contributed by atoms with van der Waals surface area (Å²) in [4.78, 5) is 0. The molecule has 3 heteroatoms. The zero-order chi connectivity index (χ0) is 6.16. The Balaban J connectivity index is 0.000000500. The Kier molecular flexibility index (Phi) is 2.90. The largest absolute Gasteiger partial charge is 0.317 e. The summed E-state index contributed by atoms with van der Waals surface area (Å²) in [5, 5.41) is 3.40. The maximum Gasteiger partial charge on any atom is -0.000173 e. The van der Waals surface area contributed by atoms with Crippen molar-refractivity contribution >= 4 is 24.2 Å². The predicted octanol–water partition coefficient (Wildman–Crippen LogP) is 1.52. The van der Waals surface area contributed by atoms with E-state index in [4.69, 9.17) is 0 Å². The van der Waals surface area contributed by atoms with E-state index >= 15 is 0 Å². The van der Waals surface area contributed by atoms with Crippen molar-refractivity contribution in [2.24, 2.45) is 5.41 Å². The molecule has 2 aliphatic heterocycles. The number of hydrogen-bond acceptors (Lipinski definition) is 2. The van der Waals surface area contributed by atoms with Gasteiger partial charge in [-0.25, -0.2) is 0 Å². The lowest BCUT2D eigenvalue weighted by atomic mass is 9.82. The van der Waals surface area contributed by atoms with Crippen LogP contribution in [0.4, 0.5) is 0 Å². The number of hydrogen-bond donors (Lipinski definition) is 1. The minimum Gasteiger partial charge on any atom is -0.317 e. The summed E-state index contributed by atoms with van der Waals surface area (Å²) in [5.41, 5.74) is 0.802. The zero-order valence-corrected chi connectivity index (χ0v) is 7.69. The molecule has 1 nitrogen and oxygen atoms in total. The molecule has 0 radical (unpaired) electrons. The summed E-state index contributed by atoms with van der Waals surface area (Å²) in [6.45, 7) is 2.53. The monoisotopic (exact) mass is 179 g/mol. The van der Waals surface area contributed by atoms with Gasteiger partial charge in [-0.3, -0.25) is 0 Å². The summed E-state index contributed by atoms with van der Waals surface area (Å²) in [7, 11) is 0. The van der Waals surface area contributed by atoms with Crippen LogP contribution < -0.4 is 5.32 Å². The third kappa shape index (κ3) is 1.44. The van der Waals surface area contributed by atoms with Crippen LogP contribution in [0.2, 0.25) is 0 Å². The minimum absolute atomic E-state index is 0. The zero-order valence-electron chi connectivity index (χ0n) is 6.06. The van der Waals surface area contributed by atoms with Crippen LogP contribution in [-0.2, 0) is 0 Å². The van der Waals surface area contributed by atoms with Gasteiger partial charge in [0.25, 0.3) is 0 Å². The maximum atomic E-state index is 3.40. The number of halogens is 1. The fourth-order valence-corrected chi connectivity index (χ4v) is 3.00. The van der Waals surface area contributed by atoms with Gasteiger partial charge in [0, 0.05) is 0 Å². The molecule has 1 spiro atoms. The van der Waals surface area contributed by atoms with Crippen LogP contribution in [0.5, 0.6) is 0 Å². The molecule has 0 unspecified atom stereocenters. The van der Waals surface area contributed by atoms with Crippen LogP contribution in [0.15, 0.2) is 0 Å². The highest BCUT2D eigenvalue weighted by atomic mass is 35.5. The van der Waals surface area contributed by atoms with Gasteiger partial charge >= 0.3 is 0 Å². The van der Waals surface area contributed by atoms with Crippen LogP contribution in [0.3, 0.4) is 0 Å². The van der Waals surface area contributed by atoms with Gasteiger partial charge < -0.3 is 5.32 Å². The van der Waals surface area contributed by atoms with Gasteiger partial charge in [0.2, 0.25) is 0 Å². The standard InChI is InChI=1S/C7H13NS.ClH/c1-3-8-4-2-7(1)5-9-6-7;/h8H,1-6H2;1H. The van der Waals surface area contributed by atoms with Crippen LogP contribution in [0.25, 0.3) is 0 Å². The summed E-state index contributed by atoms with van der Waals surface area (Å²) in [5.74, 6) is 2.88. The Morgan fingerprint density at radius 2 is 1.70 bits per heavy atom. The molecular formula is C7H14ClNS. The highest BCUT2D eigenvalue weighted by Gasteiger charge is 2.38. The van der Waals surface area contributed by atoms with Crippen molar-refractivity contribution in [3.8, 4) is 0 Å². The second kappa shape index (κ2) is 3.33. The number of rotatable bonds is 0. The van der Waals surface area contributed by atoms with E-state index in [2.05, 4.69) is 17.1 Å². The molecule has 2 fully saturated rings. The smallest absolute Gasteiger partial charge is 0.000173 e. The van der Waals surface area contributed by atoms with E-state index in [-0.39, 0.29) is 12.4 Å². The first-order valence-electron chi connectivity index (χ1n) is 3.70. The molecule has 2 heterocycles. The summed E-state index contributed by atoms with van der Waals surface area (Å²) in [6.07, 6.45) is 2.86. The molecule has 10 heavy (non-hydrogen) atoms. The van der Waals surface area contributed by atoms with Gasteiger partial charge in [0.15, 0.2) is 0 Å². The lowest BCUT2D eigenvalue weighted by molar-refractivity contribution is 0.256. The molecule has 2 aliphatic rings. The number of piperidine rings is 1. The Bertz CT molecular complexity index is 106. The van der Waals surface area contributed by atoms with E-state index in [1.165, 1.54) is 37.4 Å². The van der Waals surface area contributed by atoms with Gasteiger partial charge in [-0.05, 0) is 42.9 Å². The van der Waals surface area contributed by atoms with Gasteiger partial charge in [-0.2, -0.15) is 11.8 Å². The Morgan fingerprint density at radius 3 is 2.00 bits per heavy atom. The van der Waals surface area contributed by atoms with Crippen LogP contribution >= 0.6 is 24.2 Å². The van der Waals surface area contributed by atoms with Crippen molar-refractivity contribution in [3.63, 3.8) is 0 Å². The normalized spacial score (nSPS) is 28.8. The minimum atomic E-state index is 0. The van der Waals surface area contributed by atoms with E-state index in [1.54, 1.807) is 0 Å². The molecule has 0 aromatic carbocycles. The Hall–Kier alpha value is 0.600. The van der Waals surface area contributed by atoms with Crippen molar-refractivity contribution in [3.05, 3.63) is 0 Å². The Labute approximate surface area is 72.7 Å². The van der Waals surface area contributed by atoms with E-state index in [0.717, 1.165) is 5.41 Å². The SMILES string of the molecule is C1CC2(CCN1)CSC2.Cl. The molecule has 2 saturated heterocycles. The molecular weight excluding hydrogens is 166 g/mol. The highest BCUT2D eigenvalue weighted by Crippen LogP contribution is 2.44. The van der Waals surface area contributed by atoms with E-state index in [1.807, 2.05) is 0 Å². The van der Waals surface area contributed by atoms with Gasteiger partial charge in [0.05, 0.1) is 0 Å². The molecule has 0 amide bonds. The molecule has 2 rings (SSSR count). The van der Waals surface area contributed by atoms with Gasteiger partial charge in [0.1, 0.15) is 0 Å². The number of nitrogens with one attached hydrogen (secondary N) is 1. The number of thioether (sulfide) groups is 1. The van der Waals surface area contributed by atoms with Gasteiger partial charge in [-0.1, -0.05) is 0 Å². The van der Waals surface area contributed by atoms with Crippen molar-refractivity contribution < 1.29 is 0 Å². The molecule has 1 N–H and O–H groups in total. The average molecular weight is 180 g/mol. The van der Waals surface area contributed by atoms with E-state index in [9.17, 15) is 0 Å². The lowest BCUT2D eigenvalue weighted by Gasteiger charge is -2.44. The third-order valence-electron chi connectivity index (χ3n) is 2.48. The third-order valence-corrected chi connectivity index (χ3v) is 4.11. The summed E-state index contributed by atoms with van der Waals surface area (Å²) < 4.78 is 0. The topological polar surface area (TPSA) is 12.0 Å². The quantitative estimate of drug-likeness (QED) is 0.606. The molecule has 0 saturated carbocycles. The van der Waals surface area contributed by atoms with Gasteiger partial charge in [-0.15, -0.1) is 12.4 Å². The average Bonchev–Trinajstić information content (AvgIpc) is 1.87. The molecule has 0 aromatic rings. The van der Waals surface area contributed by atoms with E-state index < -0.39 is 0 Å². The Morgan fingerprint density at radius 1 is 1.10 bits per heavy atom. The fraction of sp³-hybridized carbons (Fsp3) is 1.00. The first-order chi connectivity index (χ1) is 4.41. The molecule has 0 bridgehead atoms. The molecule has 0 atom stereocenters. The van der Waals surface area contributed by atoms with Crippen molar-refractivity contribution in [1.82, 2.24) is 5.32 Å². The van der Waals surface area contributed by atoms with Crippen molar-refractivity contribution in [1.29, 1.82) is 0 Å². The second-order valence-corrected chi connectivity index (χ2v) is 4.23. The van der Waals surface area contributed by atoms with Crippen LogP contribution in [-0.4, -0.2) is 24.6 Å². The lowest BCUT2D eigenvalue weighted by Crippen LogP contribution is -2.45. The molecule has 0 aromatic heterocycles. The van der Waals surface area contributed by atoms with Crippen molar-refractivity contribution in [2.45, 2.75) is 12.8 Å². The summed E-state index contributed by atoms with van der Waals surface area (Å²) in [6, 6.07) is 0. The molecule has 60 valence electrons. The van der Waals surface area contributed by atoms with Crippen LogP contribution in [0, 0.1) is 5.41 Å². The van der Waals surface area contributed by atoms with E-state index in [0.29, 0.717) is 0 Å². The van der Waals surface area contributed by atoms with Crippen LogP contribution in [0.1, 0.15) is 12.8 Å². The van der Waals surface area contributed by atoms with Crippen molar-refractivity contribution in [2.75, 3.05) is 24.6 Å². The summed E-state index contributed by atoms with van der Waals surface area (Å²) >= 11 is 2.11. The fourth-order valence-electron chi connectivity index (χ4n) is 1.64. The maximum absolute atomic E-state index is 3.40. The first-order valence-corrected chi connectivity index (χ1v) is 4.85. The predicted molar refractivity (Wildman–Crippen MR) is 49.1 cm³/mol. The second-order valence-electron chi connectivity index (χ2n) is 3.24. The molecule has 0 aliphatic carbocycles. The highest BCUT2D eigenvalue weighted by molar-refractivity contribution is 8.00. The first kappa shape index (κ1) is 8.69.